The molecule has 9 nitrogen and oxygen atoms in total. The van der Waals surface area contributed by atoms with Crippen LogP contribution in [0.1, 0.15) is 55.6 Å². The molecule has 5 rings (SSSR count). The molecule has 0 N–H and O–H groups in total. The van der Waals surface area contributed by atoms with Gasteiger partial charge in [0.2, 0.25) is 5.88 Å². The highest BCUT2D eigenvalue weighted by Crippen LogP contribution is 2.45. The van der Waals surface area contributed by atoms with Crippen LogP contribution in [0.3, 0.4) is 0 Å². The molecule has 0 radical (unpaired) electrons. The molecule has 0 atom stereocenters. The van der Waals surface area contributed by atoms with Gasteiger partial charge in [-0.3, -0.25) is 0 Å². The van der Waals surface area contributed by atoms with Gasteiger partial charge in [0.25, 0.3) is 5.88 Å². The molecule has 0 amide bonds. The summed E-state index contributed by atoms with van der Waals surface area (Å²) in [5.74, 6) is 0.193. The first-order chi connectivity index (χ1) is 19.5. The maximum atomic E-state index is 13.3. The van der Waals surface area contributed by atoms with E-state index in [1.165, 1.54) is 17.9 Å². The van der Waals surface area contributed by atoms with E-state index in [-0.39, 0.29) is 53.3 Å². The van der Waals surface area contributed by atoms with Crippen LogP contribution in [-0.4, -0.2) is 43.2 Å². The molecular formula is C27H25F5N6O3. The van der Waals surface area contributed by atoms with Gasteiger partial charge < -0.3 is 18.8 Å². The summed E-state index contributed by atoms with van der Waals surface area (Å²) in [5, 5.41) is 0. The minimum absolute atomic E-state index is 0.0146. The van der Waals surface area contributed by atoms with Crippen LogP contribution in [0.15, 0.2) is 43.0 Å². The quantitative estimate of drug-likeness (QED) is 0.198. The number of methoxy groups -OCH3 is 1. The minimum Gasteiger partial charge on any atom is -0.490 e. The summed E-state index contributed by atoms with van der Waals surface area (Å²) in [6.45, 7) is 0.454. The smallest absolute Gasteiger partial charge is 0.434 e. The molecule has 1 aromatic carbocycles. The fourth-order valence-electron chi connectivity index (χ4n) is 4.19. The van der Waals surface area contributed by atoms with Crippen LogP contribution in [0.4, 0.5) is 22.0 Å². The predicted octanol–water partition coefficient (Wildman–Crippen LogP) is 6.46. The van der Waals surface area contributed by atoms with Gasteiger partial charge in [-0.05, 0) is 32.3 Å². The zero-order chi connectivity index (χ0) is 29.3. The van der Waals surface area contributed by atoms with Gasteiger partial charge in [-0.2, -0.15) is 26.9 Å². The maximum absolute atomic E-state index is 13.3. The van der Waals surface area contributed by atoms with Crippen LogP contribution in [0.25, 0.3) is 22.8 Å². The molecule has 1 fully saturated rings. The highest BCUT2D eigenvalue weighted by Gasteiger charge is 2.35. The Morgan fingerprint density at radius 2 is 1.73 bits per heavy atom. The van der Waals surface area contributed by atoms with Gasteiger partial charge in [0.15, 0.2) is 17.3 Å². The fourth-order valence-corrected chi connectivity index (χ4v) is 4.19. The Morgan fingerprint density at radius 1 is 1.00 bits per heavy atom. The second-order valence-electron chi connectivity index (χ2n) is 9.59. The van der Waals surface area contributed by atoms with Crippen LogP contribution in [0, 0.1) is 0 Å². The van der Waals surface area contributed by atoms with Crippen molar-refractivity contribution >= 4 is 0 Å². The van der Waals surface area contributed by atoms with Gasteiger partial charge >= 0.3 is 12.8 Å². The number of rotatable bonds is 10. The molecule has 0 aliphatic heterocycles. The molecule has 216 valence electrons. The van der Waals surface area contributed by atoms with Crippen molar-refractivity contribution in [2.45, 2.75) is 58.0 Å². The number of imidazole rings is 1. The molecule has 0 bridgehead atoms. The Morgan fingerprint density at radius 3 is 2.34 bits per heavy atom. The Balaban J connectivity index is 1.40. The van der Waals surface area contributed by atoms with Crippen molar-refractivity contribution in [2.75, 3.05) is 7.11 Å². The van der Waals surface area contributed by atoms with E-state index in [1.54, 1.807) is 38.1 Å². The third kappa shape index (κ3) is 6.20. The molecule has 1 aliphatic rings. The van der Waals surface area contributed by atoms with E-state index in [0.717, 1.165) is 25.4 Å². The highest BCUT2D eigenvalue weighted by atomic mass is 19.4. The molecule has 0 spiro atoms. The summed E-state index contributed by atoms with van der Waals surface area (Å²) in [4.78, 5) is 20.6. The summed E-state index contributed by atoms with van der Waals surface area (Å²) in [5.41, 5.74) is 0.888. The van der Waals surface area contributed by atoms with Crippen LogP contribution < -0.4 is 14.2 Å². The first-order valence-electron chi connectivity index (χ1n) is 12.6. The molecule has 0 saturated heterocycles. The van der Waals surface area contributed by atoms with Crippen molar-refractivity contribution < 1.29 is 36.2 Å². The van der Waals surface area contributed by atoms with E-state index in [0.29, 0.717) is 16.8 Å². The third-order valence-corrected chi connectivity index (χ3v) is 6.34. The first-order valence-corrected chi connectivity index (χ1v) is 12.6. The number of ether oxygens (including phenoxy) is 3. The lowest BCUT2D eigenvalue weighted by Gasteiger charge is -2.14. The zero-order valence-electron chi connectivity index (χ0n) is 22.2. The van der Waals surface area contributed by atoms with E-state index in [1.807, 2.05) is 0 Å². The lowest BCUT2D eigenvalue weighted by atomic mass is 10.1. The van der Waals surface area contributed by atoms with Gasteiger partial charge in [-0.15, -0.1) is 0 Å². The van der Waals surface area contributed by atoms with Crippen LogP contribution in [-0.2, 0) is 12.8 Å². The summed E-state index contributed by atoms with van der Waals surface area (Å²) < 4.78 is 83.3. The molecule has 4 aromatic rings. The van der Waals surface area contributed by atoms with Crippen molar-refractivity contribution in [3.63, 3.8) is 0 Å². The number of benzene rings is 1. The second-order valence-corrected chi connectivity index (χ2v) is 9.59. The van der Waals surface area contributed by atoms with Gasteiger partial charge in [-0.25, -0.2) is 19.9 Å². The normalized spacial score (nSPS) is 13.6. The maximum Gasteiger partial charge on any atom is 0.434 e. The molecule has 0 unspecified atom stereocenters. The summed E-state index contributed by atoms with van der Waals surface area (Å²) in [7, 11) is 1.40. The second kappa shape index (κ2) is 11.3. The number of hydrogen-bond acceptors (Lipinski definition) is 8. The molecule has 41 heavy (non-hydrogen) atoms. The zero-order valence-corrected chi connectivity index (χ0v) is 22.2. The minimum atomic E-state index is -4.56. The lowest BCUT2D eigenvalue weighted by Crippen LogP contribution is -2.09. The number of aromatic nitrogens is 6. The average molecular weight is 577 g/mol. The number of nitrogens with zero attached hydrogens (tertiary/aromatic N) is 6. The molecule has 14 heteroatoms. The number of halogens is 5. The number of alkyl halides is 5. The van der Waals surface area contributed by atoms with Crippen LogP contribution in [0.5, 0.6) is 17.5 Å². The van der Waals surface area contributed by atoms with E-state index in [9.17, 15) is 22.0 Å². The predicted molar refractivity (Wildman–Crippen MR) is 136 cm³/mol. The molecular weight excluding hydrogens is 551 g/mol. The Kier molecular flexibility index (Phi) is 7.74. The van der Waals surface area contributed by atoms with Crippen molar-refractivity contribution in [1.82, 2.24) is 29.5 Å². The highest BCUT2D eigenvalue weighted by molar-refractivity contribution is 5.66. The van der Waals surface area contributed by atoms with E-state index in [4.69, 9.17) is 9.47 Å². The standard InChI is InChI=1S/C27H25F5N6O3/c1-14(2)38-11-19(27(30,31)32)36-23(38)17-6-4-15(5-7-17)12-40-24-18(39-3)10-33-22(37-24)20-21(16-8-9-16)34-13-35-25(20)41-26(28)29/h4-7,10-11,13-14,16,26H,8-9,12H2,1-3H3. The van der Waals surface area contributed by atoms with Crippen molar-refractivity contribution in [3.05, 3.63) is 59.9 Å². The molecule has 3 aromatic heterocycles. The SMILES string of the molecule is COc1cnc(-c2c(OC(F)F)ncnc2C2CC2)nc1OCc1ccc(-c2nc(C(F)(F)F)cn2C(C)C)cc1. The Hall–Kier alpha value is -4.36. The summed E-state index contributed by atoms with van der Waals surface area (Å²) in [6, 6.07) is 6.46. The Bertz CT molecular complexity index is 1520. The van der Waals surface area contributed by atoms with Crippen LogP contribution >= 0.6 is 0 Å². The number of hydrogen-bond donors (Lipinski definition) is 0. The first kappa shape index (κ1) is 28.2. The van der Waals surface area contributed by atoms with Crippen LogP contribution in [0.2, 0.25) is 0 Å². The molecule has 1 saturated carbocycles. The topological polar surface area (TPSA) is 97.1 Å². The fraction of sp³-hybridized carbons (Fsp3) is 0.370. The molecule has 1 aliphatic carbocycles. The largest absolute Gasteiger partial charge is 0.490 e. The monoisotopic (exact) mass is 576 g/mol. The van der Waals surface area contributed by atoms with Crippen molar-refractivity contribution in [2.24, 2.45) is 0 Å². The van der Waals surface area contributed by atoms with Crippen molar-refractivity contribution in [3.8, 4) is 40.3 Å². The summed E-state index contributed by atoms with van der Waals surface area (Å²) in [6.07, 6.45) is 0.624. The van der Waals surface area contributed by atoms with E-state index in [2.05, 4.69) is 29.7 Å². The van der Waals surface area contributed by atoms with Gasteiger partial charge in [0.1, 0.15) is 24.3 Å². The van der Waals surface area contributed by atoms with E-state index < -0.39 is 18.5 Å². The average Bonchev–Trinajstić information content (AvgIpc) is 3.67. The lowest BCUT2D eigenvalue weighted by molar-refractivity contribution is -0.140. The third-order valence-electron chi connectivity index (χ3n) is 6.34. The van der Waals surface area contributed by atoms with Gasteiger partial charge in [0, 0.05) is 23.7 Å². The summed E-state index contributed by atoms with van der Waals surface area (Å²) >= 11 is 0. The molecule has 3 heterocycles. The van der Waals surface area contributed by atoms with Gasteiger partial charge in [0.05, 0.1) is 19.0 Å². The Labute approximate surface area is 231 Å². The van der Waals surface area contributed by atoms with Gasteiger partial charge in [-0.1, -0.05) is 24.3 Å². The van der Waals surface area contributed by atoms with Crippen molar-refractivity contribution in [1.29, 1.82) is 0 Å². The van der Waals surface area contributed by atoms with E-state index >= 15 is 0 Å².